The number of hydrogen-bond donors (Lipinski definition) is 1. The van der Waals surface area contributed by atoms with E-state index in [1.165, 1.54) is 167 Å². The number of ether oxygens (including phenoxy) is 2. The van der Waals surface area contributed by atoms with Crippen molar-refractivity contribution in [1.82, 2.24) is 0 Å². The van der Waals surface area contributed by atoms with Crippen LogP contribution in [0, 0.1) is 0 Å². The first-order valence-corrected chi connectivity index (χ1v) is 21.1. The van der Waals surface area contributed by atoms with Gasteiger partial charge in [0, 0.05) is 13.0 Å². The van der Waals surface area contributed by atoms with Crippen LogP contribution in [0.5, 0.6) is 0 Å². The van der Waals surface area contributed by atoms with Gasteiger partial charge in [0.05, 0.1) is 13.2 Å². The van der Waals surface area contributed by atoms with E-state index in [1.807, 2.05) is 0 Å². The zero-order valence-corrected chi connectivity index (χ0v) is 32.3. The summed E-state index contributed by atoms with van der Waals surface area (Å²) in [6.45, 7) is 5.31. The van der Waals surface area contributed by atoms with E-state index in [9.17, 15) is 9.90 Å². The highest BCUT2D eigenvalue weighted by molar-refractivity contribution is 5.69. The van der Waals surface area contributed by atoms with Crippen molar-refractivity contribution in [2.45, 2.75) is 219 Å². The molecule has 0 aliphatic carbocycles. The van der Waals surface area contributed by atoms with Crippen molar-refractivity contribution in [1.29, 1.82) is 0 Å². The molecule has 0 saturated heterocycles. The minimum atomic E-state index is -0.537. The molecular formula is C44H82O4. The van der Waals surface area contributed by atoms with E-state index >= 15 is 0 Å². The molecule has 0 rings (SSSR count). The van der Waals surface area contributed by atoms with Crippen molar-refractivity contribution in [2.75, 3.05) is 19.8 Å². The van der Waals surface area contributed by atoms with Gasteiger partial charge >= 0.3 is 5.97 Å². The number of esters is 1. The number of carbonyl (C=O) groups excluding carboxylic acids is 1. The maximum absolute atomic E-state index is 12.1. The van der Waals surface area contributed by atoms with E-state index < -0.39 is 6.10 Å². The molecule has 4 heteroatoms. The molecule has 48 heavy (non-hydrogen) atoms. The van der Waals surface area contributed by atoms with Gasteiger partial charge in [-0.2, -0.15) is 0 Å². The molecule has 0 spiro atoms. The van der Waals surface area contributed by atoms with Gasteiger partial charge in [-0.25, -0.2) is 0 Å². The average molecular weight is 675 g/mol. The second kappa shape index (κ2) is 41.8. The molecule has 0 aromatic heterocycles. The Morgan fingerprint density at radius 1 is 0.500 bits per heavy atom. The lowest BCUT2D eigenvalue weighted by Gasteiger charge is -2.15. The summed E-state index contributed by atoms with van der Waals surface area (Å²) in [4.78, 5) is 12.1. The molecule has 0 bridgehead atoms. The highest BCUT2D eigenvalue weighted by atomic mass is 16.6. The first kappa shape index (κ1) is 46.6. The van der Waals surface area contributed by atoms with E-state index in [1.54, 1.807) is 0 Å². The molecule has 0 aliphatic heterocycles. The smallest absolute Gasteiger partial charge is 0.306 e. The van der Waals surface area contributed by atoms with Crippen LogP contribution in [0.1, 0.15) is 213 Å². The molecule has 0 heterocycles. The van der Waals surface area contributed by atoms with Crippen molar-refractivity contribution in [2.24, 2.45) is 0 Å². The van der Waals surface area contributed by atoms with Crippen LogP contribution in [0.4, 0.5) is 0 Å². The second-order valence-electron chi connectivity index (χ2n) is 14.1. The summed E-state index contributed by atoms with van der Waals surface area (Å²) in [6, 6.07) is 0. The standard InChI is InChI=1S/C44H82O4/c1-3-5-7-9-11-13-15-17-18-19-20-21-22-23-24-25-26-27-28-30-32-34-36-38-40-47-42-43(41-45)48-44(46)39-37-35-33-31-29-16-14-12-10-8-6-4-2/h12,14-15,17,19-20,43,45H,3-11,13,16,18,21-42H2,1-2H3/b14-12-,17-15-,20-19-. The molecule has 0 aromatic rings. The van der Waals surface area contributed by atoms with Gasteiger partial charge in [-0.3, -0.25) is 4.79 Å². The minimum absolute atomic E-state index is 0.174. The Morgan fingerprint density at radius 3 is 1.35 bits per heavy atom. The van der Waals surface area contributed by atoms with Crippen molar-refractivity contribution < 1.29 is 19.4 Å². The Balaban J connectivity index is 3.39. The van der Waals surface area contributed by atoms with Crippen LogP contribution in [-0.2, 0) is 14.3 Å². The molecule has 1 unspecified atom stereocenters. The third-order valence-corrected chi connectivity index (χ3v) is 9.19. The van der Waals surface area contributed by atoms with Gasteiger partial charge in [-0.05, 0) is 70.6 Å². The Morgan fingerprint density at radius 2 is 0.875 bits per heavy atom. The molecule has 0 saturated carbocycles. The fraction of sp³-hybridized carbons (Fsp3) is 0.841. The highest BCUT2D eigenvalue weighted by Crippen LogP contribution is 2.14. The molecule has 0 fully saturated rings. The summed E-state index contributed by atoms with van der Waals surface area (Å²) in [5, 5.41) is 9.57. The molecule has 282 valence electrons. The molecule has 1 N–H and O–H groups in total. The summed E-state index contributed by atoms with van der Waals surface area (Å²) < 4.78 is 11.1. The molecule has 1 atom stereocenters. The quantitative estimate of drug-likeness (QED) is 0.0400. The summed E-state index contributed by atoms with van der Waals surface area (Å²) in [5.41, 5.74) is 0. The van der Waals surface area contributed by atoms with Crippen LogP contribution < -0.4 is 0 Å². The number of allylic oxidation sites excluding steroid dienone is 6. The average Bonchev–Trinajstić information content (AvgIpc) is 3.09. The van der Waals surface area contributed by atoms with Crippen molar-refractivity contribution in [3.63, 3.8) is 0 Å². The number of aliphatic hydroxyl groups excluding tert-OH is 1. The number of aliphatic hydroxyl groups is 1. The van der Waals surface area contributed by atoms with E-state index in [0.717, 1.165) is 25.7 Å². The SMILES string of the molecule is CCCCC/C=C\CCCCCCCC(=O)OC(CO)COCCCCCCCCCCCCCC/C=C\C/C=C\CCCCCCC. The molecule has 4 nitrogen and oxygen atoms in total. The van der Waals surface area contributed by atoms with Gasteiger partial charge in [0.2, 0.25) is 0 Å². The van der Waals surface area contributed by atoms with Crippen LogP contribution in [0.15, 0.2) is 36.5 Å². The van der Waals surface area contributed by atoms with E-state index in [4.69, 9.17) is 9.47 Å². The summed E-state index contributed by atoms with van der Waals surface area (Å²) in [7, 11) is 0. The van der Waals surface area contributed by atoms with E-state index in [0.29, 0.717) is 19.6 Å². The predicted molar refractivity (Wildman–Crippen MR) is 210 cm³/mol. The van der Waals surface area contributed by atoms with Gasteiger partial charge in [0.25, 0.3) is 0 Å². The van der Waals surface area contributed by atoms with Crippen LogP contribution in [-0.4, -0.2) is 37.0 Å². The maximum Gasteiger partial charge on any atom is 0.306 e. The van der Waals surface area contributed by atoms with E-state index in [2.05, 4.69) is 50.3 Å². The zero-order chi connectivity index (χ0) is 34.9. The van der Waals surface area contributed by atoms with Crippen LogP contribution in [0.2, 0.25) is 0 Å². The number of carbonyl (C=O) groups is 1. The lowest BCUT2D eigenvalue weighted by molar-refractivity contribution is -0.154. The topological polar surface area (TPSA) is 55.8 Å². The minimum Gasteiger partial charge on any atom is -0.457 e. The first-order valence-electron chi connectivity index (χ1n) is 21.1. The van der Waals surface area contributed by atoms with Crippen molar-refractivity contribution in [3.05, 3.63) is 36.5 Å². The fourth-order valence-corrected chi connectivity index (χ4v) is 6.00. The summed E-state index contributed by atoms with van der Waals surface area (Å²) >= 11 is 0. The third-order valence-electron chi connectivity index (χ3n) is 9.19. The fourth-order valence-electron chi connectivity index (χ4n) is 6.00. The lowest BCUT2D eigenvalue weighted by Crippen LogP contribution is -2.27. The normalized spacial score (nSPS) is 12.6. The molecule has 0 aromatic carbocycles. The van der Waals surface area contributed by atoms with Crippen LogP contribution in [0.25, 0.3) is 0 Å². The van der Waals surface area contributed by atoms with Crippen LogP contribution in [0.3, 0.4) is 0 Å². The lowest BCUT2D eigenvalue weighted by atomic mass is 10.0. The van der Waals surface area contributed by atoms with Gasteiger partial charge in [-0.15, -0.1) is 0 Å². The molecule has 0 amide bonds. The van der Waals surface area contributed by atoms with Gasteiger partial charge < -0.3 is 14.6 Å². The Kier molecular flexibility index (Phi) is 40.6. The number of unbranched alkanes of at least 4 members (excludes halogenated alkanes) is 25. The van der Waals surface area contributed by atoms with Gasteiger partial charge in [0.15, 0.2) is 0 Å². The monoisotopic (exact) mass is 675 g/mol. The second-order valence-corrected chi connectivity index (χ2v) is 14.1. The van der Waals surface area contributed by atoms with Gasteiger partial charge in [-0.1, -0.05) is 172 Å². The Labute approximate surface area is 300 Å². The summed E-state index contributed by atoms with van der Waals surface area (Å²) in [5.74, 6) is -0.210. The maximum atomic E-state index is 12.1. The predicted octanol–water partition coefficient (Wildman–Crippen LogP) is 13.7. The Bertz CT molecular complexity index is 713. The molecule has 0 aliphatic rings. The van der Waals surface area contributed by atoms with Crippen molar-refractivity contribution >= 4 is 5.97 Å². The first-order chi connectivity index (χ1) is 23.7. The highest BCUT2D eigenvalue weighted by Gasteiger charge is 2.13. The van der Waals surface area contributed by atoms with E-state index in [-0.39, 0.29) is 12.6 Å². The van der Waals surface area contributed by atoms with Crippen molar-refractivity contribution in [3.8, 4) is 0 Å². The molecular weight excluding hydrogens is 592 g/mol. The molecule has 0 radical (unpaired) electrons. The number of hydrogen-bond acceptors (Lipinski definition) is 4. The number of rotatable bonds is 39. The van der Waals surface area contributed by atoms with Gasteiger partial charge in [0.1, 0.15) is 6.10 Å². The zero-order valence-electron chi connectivity index (χ0n) is 32.3. The Hall–Kier alpha value is -1.39. The summed E-state index contributed by atoms with van der Waals surface area (Å²) in [6.07, 6.45) is 52.1. The third kappa shape index (κ3) is 39.1. The largest absolute Gasteiger partial charge is 0.457 e. The van der Waals surface area contributed by atoms with Crippen LogP contribution >= 0.6 is 0 Å².